The molecule has 1 heterocycles. The van der Waals surface area contributed by atoms with E-state index in [1.807, 2.05) is 0 Å². The number of rotatable bonds is 2. The number of ketones is 1. The normalized spacial score (nSPS) is 10.9. The molecule has 0 aliphatic carbocycles. The summed E-state index contributed by atoms with van der Waals surface area (Å²) in [6.07, 6.45) is 0. The Morgan fingerprint density at radius 2 is 1.68 bits per heavy atom. The van der Waals surface area contributed by atoms with Crippen molar-refractivity contribution >= 4 is 16.8 Å². The van der Waals surface area contributed by atoms with Crippen molar-refractivity contribution in [1.82, 2.24) is 0 Å². The third-order valence-electron chi connectivity index (χ3n) is 2.76. The molecule has 19 heavy (non-hydrogen) atoms. The smallest absolute Gasteiger partial charge is 0.330 e. The maximum atomic E-state index is 13.1. The van der Waals surface area contributed by atoms with Crippen LogP contribution in [0.5, 0.6) is 0 Å². The highest BCUT2D eigenvalue weighted by Gasteiger charge is 2.30. The lowest BCUT2D eigenvalue weighted by Gasteiger charge is -2.10. The molecule has 0 atom stereocenters. The minimum atomic E-state index is -1.29. The quantitative estimate of drug-likeness (QED) is 0.465. The number of benzene rings is 1. The zero-order valence-electron chi connectivity index (χ0n) is 9.81. The van der Waals surface area contributed by atoms with Crippen molar-refractivity contribution in [2.75, 3.05) is 6.54 Å². The third-order valence-corrected chi connectivity index (χ3v) is 2.76. The van der Waals surface area contributed by atoms with Crippen LogP contribution >= 0.6 is 0 Å². The van der Waals surface area contributed by atoms with Gasteiger partial charge in [-0.3, -0.25) is 4.79 Å². The Morgan fingerprint density at radius 3 is 2.16 bits per heavy atom. The van der Waals surface area contributed by atoms with Gasteiger partial charge in [-0.1, -0.05) is 0 Å². The van der Waals surface area contributed by atoms with Crippen molar-refractivity contribution in [3.05, 3.63) is 45.6 Å². The topological polar surface area (TPSA) is 97.0 Å². The SMILES string of the molecule is Cc1c(C(=O)CN)[n+]([O-])c2cc(F)c(F)cc2[n+]1[O-]. The van der Waals surface area contributed by atoms with Gasteiger partial charge in [-0.05, 0) is 0 Å². The van der Waals surface area contributed by atoms with E-state index in [4.69, 9.17) is 5.73 Å². The average molecular weight is 269 g/mol. The molecule has 2 rings (SSSR count). The Hall–Kier alpha value is -2.35. The van der Waals surface area contributed by atoms with Gasteiger partial charge in [0.2, 0.25) is 5.78 Å². The number of hydrogen-bond donors (Lipinski definition) is 1. The molecule has 0 saturated carbocycles. The number of aromatic nitrogens is 2. The predicted octanol–water partition coefficient (Wildman–Crippen LogP) is -0.165. The highest BCUT2D eigenvalue weighted by atomic mass is 19.2. The maximum Gasteiger partial charge on any atom is 0.330 e. The van der Waals surface area contributed by atoms with Gasteiger partial charge < -0.3 is 16.1 Å². The molecule has 1 aromatic heterocycles. The van der Waals surface area contributed by atoms with Gasteiger partial charge in [-0.25, -0.2) is 8.78 Å². The summed E-state index contributed by atoms with van der Waals surface area (Å²) in [5.41, 5.74) is 3.65. The molecule has 0 bridgehead atoms. The van der Waals surface area contributed by atoms with E-state index in [9.17, 15) is 24.0 Å². The summed E-state index contributed by atoms with van der Waals surface area (Å²) in [6.45, 7) is 0.753. The Morgan fingerprint density at radius 1 is 1.21 bits per heavy atom. The molecular formula is C11H9F2N3O3. The van der Waals surface area contributed by atoms with Crippen LogP contribution in [0.1, 0.15) is 16.2 Å². The minimum Gasteiger partial charge on any atom is -0.618 e. The van der Waals surface area contributed by atoms with E-state index in [2.05, 4.69) is 0 Å². The summed E-state index contributed by atoms with van der Waals surface area (Å²) in [5, 5.41) is 23.8. The first kappa shape index (κ1) is 13.1. The van der Waals surface area contributed by atoms with Gasteiger partial charge in [0.15, 0.2) is 11.6 Å². The van der Waals surface area contributed by atoms with Crippen molar-refractivity contribution < 1.29 is 23.0 Å². The fraction of sp³-hybridized carbons (Fsp3) is 0.182. The summed E-state index contributed by atoms with van der Waals surface area (Å²) in [4.78, 5) is 11.5. The number of nitrogens with zero attached hydrogens (tertiary/aromatic N) is 2. The van der Waals surface area contributed by atoms with Crippen LogP contribution in [0.3, 0.4) is 0 Å². The second kappa shape index (κ2) is 4.39. The minimum absolute atomic E-state index is 0.0940. The molecule has 1 aromatic carbocycles. The van der Waals surface area contributed by atoms with Crippen molar-refractivity contribution in [2.24, 2.45) is 5.73 Å². The summed E-state index contributed by atoms with van der Waals surface area (Å²) in [5.74, 6) is -3.30. The van der Waals surface area contributed by atoms with Crippen LogP contribution in [0.15, 0.2) is 12.1 Å². The van der Waals surface area contributed by atoms with E-state index in [0.29, 0.717) is 12.1 Å². The molecule has 0 aliphatic heterocycles. The van der Waals surface area contributed by atoms with Crippen LogP contribution in [0.2, 0.25) is 0 Å². The first-order valence-electron chi connectivity index (χ1n) is 5.26. The molecule has 8 heteroatoms. The van der Waals surface area contributed by atoms with E-state index >= 15 is 0 Å². The fourth-order valence-corrected chi connectivity index (χ4v) is 1.81. The number of carbonyl (C=O) groups excluding carboxylic acids is 1. The monoisotopic (exact) mass is 269 g/mol. The number of carbonyl (C=O) groups is 1. The number of hydrogen-bond acceptors (Lipinski definition) is 4. The molecule has 0 spiro atoms. The van der Waals surface area contributed by atoms with Crippen molar-refractivity contribution in [2.45, 2.75) is 6.92 Å². The van der Waals surface area contributed by atoms with Gasteiger partial charge in [0.05, 0.1) is 18.7 Å². The number of nitrogens with two attached hydrogens (primary N) is 1. The number of Topliss-reactive ketones (excluding diaryl/α,β-unsaturated/α-hetero) is 1. The molecule has 6 nitrogen and oxygen atoms in total. The van der Waals surface area contributed by atoms with Gasteiger partial charge in [-0.15, -0.1) is 0 Å². The van der Waals surface area contributed by atoms with Crippen LogP contribution in [0.25, 0.3) is 11.0 Å². The summed E-state index contributed by atoms with van der Waals surface area (Å²) >= 11 is 0. The van der Waals surface area contributed by atoms with Crippen LogP contribution < -0.4 is 15.2 Å². The highest BCUT2D eigenvalue weighted by Crippen LogP contribution is 2.14. The maximum absolute atomic E-state index is 13.1. The van der Waals surface area contributed by atoms with Crippen LogP contribution in [0, 0.1) is 29.0 Å². The summed E-state index contributed by atoms with van der Waals surface area (Å²) in [6, 6.07) is 1.18. The average Bonchev–Trinajstić information content (AvgIpc) is 2.38. The summed E-state index contributed by atoms with van der Waals surface area (Å²) in [7, 11) is 0. The molecule has 2 N–H and O–H groups in total. The predicted molar refractivity (Wildman–Crippen MR) is 59.9 cm³/mol. The van der Waals surface area contributed by atoms with E-state index in [-0.39, 0.29) is 20.7 Å². The Kier molecular flexibility index (Phi) is 3.03. The highest BCUT2D eigenvalue weighted by molar-refractivity contribution is 5.95. The lowest BCUT2D eigenvalue weighted by molar-refractivity contribution is -0.635. The molecule has 2 aromatic rings. The molecule has 0 fully saturated rings. The standard InChI is InChI=1S/C11H9F2N3O3/c1-5-11(10(17)4-14)16(19)9-3-7(13)6(12)2-8(9)15(5)18/h2-3H,4,14H2,1H3. The van der Waals surface area contributed by atoms with Crippen LogP contribution in [-0.4, -0.2) is 12.3 Å². The van der Waals surface area contributed by atoms with Crippen LogP contribution in [-0.2, 0) is 0 Å². The number of halogens is 2. The lowest BCUT2D eigenvalue weighted by atomic mass is 10.2. The zero-order chi connectivity index (χ0) is 14.3. The van der Waals surface area contributed by atoms with Crippen molar-refractivity contribution in [3.8, 4) is 0 Å². The van der Waals surface area contributed by atoms with Gasteiger partial charge in [-0.2, -0.15) is 9.46 Å². The molecule has 0 unspecified atom stereocenters. The van der Waals surface area contributed by atoms with E-state index in [1.54, 1.807) is 0 Å². The summed E-state index contributed by atoms with van der Waals surface area (Å²) < 4.78 is 26.5. The second-order valence-electron chi connectivity index (χ2n) is 3.91. The van der Waals surface area contributed by atoms with E-state index in [1.165, 1.54) is 6.92 Å². The molecular weight excluding hydrogens is 260 g/mol. The molecule has 0 amide bonds. The van der Waals surface area contributed by atoms with Crippen LogP contribution in [0.4, 0.5) is 8.78 Å². The molecule has 0 aliphatic rings. The third kappa shape index (κ3) is 1.85. The van der Waals surface area contributed by atoms with E-state index < -0.39 is 35.2 Å². The van der Waals surface area contributed by atoms with Gasteiger partial charge in [0.25, 0.3) is 16.7 Å². The van der Waals surface area contributed by atoms with E-state index in [0.717, 1.165) is 0 Å². The largest absolute Gasteiger partial charge is 0.618 e. The Balaban J connectivity index is 2.96. The number of fused-ring (bicyclic) bond motifs is 1. The zero-order valence-corrected chi connectivity index (χ0v) is 9.81. The Bertz CT molecular complexity index is 704. The first-order valence-corrected chi connectivity index (χ1v) is 5.26. The lowest BCUT2D eigenvalue weighted by Crippen LogP contribution is -2.47. The first-order chi connectivity index (χ1) is 8.88. The molecule has 0 saturated heterocycles. The van der Waals surface area contributed by atoms with Gasteiger partial charge >= 0.3 is 5.69 Å². The molecule has 100 valence electrons. The van der Waals surface area contributed by atoms with Gasteiger partial charge in [0.1, 0.15) is 0 Å². The Labute approximate surface area is 105 Å². The van der Waals surface area contributed by atoms with Gasteiger partial charge in [0, 0.05) is 6.92 Å². The van der Waals surface area contributed by atoms with Crippen molar-refractivity contribution in [3.63, 3.8) is 0 Å². The fourth-order valence-electron chi connectivity index (χ4n) is 1.81. The second-order valence-corrected chi connectivity index (χ2v) is 3.91. The molecule has 0 radical (unpaired) electrons. The van der Waals surface area contributed by atoms with Crippen molar-refractivity contribution in [1.29, 1.82) is 0 Å².